The van der Waals surface area contributed by atoms with Crippen LogP contribution in [-0.4, -0.2) is 26.7 Å². The second-order valence-electron chi connectivity index (χ2n) is 6.59. The molecule has 8 heteroatoms. The first-order chi connectivity index (χ1) is 14.0. The lowest BCUT2D eigenvalue weighted by Crippen LogP contribution is -2.17. The number of hydrogen-bond acceptors (Lipinski definition) is 5. The highest BCUT2D eigenvalue weighted by Gasteiger charge is 2.11. The number of ether oxygens (including phenoxy) is 1. The smallest absolute Gasteiger partial charge is 0.419 e. The molecule has 0 bridgehead atoms. The fourth-order valence-corrected chi connectivity index (χ4v) is 3.22. The number of aromatic nitrogens is 3. The number of fused-ring (bicyclic) bond motifs is 1. The molecule has 4 rings (SSSR count). The third-order valence-corrected chi connectivity index (χ3v) is 4.65. The third kappa shape index (κ3) is 3.64. The van der Waals surface area contributed by atoms with Crippen LogP contribution in [0, 0.1) is 6.92 Å². The second-order valence-corrected chi connectivity index (χ2v) is 6.59. The van der Waals surface area contributed by atoms with E-state index in [4.69, 9.17) is 9.15 Å². The Bertz CT molecular complexity index is 1270. The highest BCUT2D eigenvalue weighted by Crippen LogP contribution is 2.13. The Morgan fingerprint density at radius 2 is 1.86 bits per heavy atom. The fourth-order valence-electron chi connectivity index (χ4n) is 3.22. The molecule has 0 aliphatic rings. The summed E-state index contributed by atoms with van der Waals surface area (Å²) in [4.78, 5) is 38.6. The third-order valence-electron chi connectivity index (χ3n) is 4.65. The molecule has 0 aliphatic heterocycles. The van der Waals surface area contributed by atoms with Crippen molar-refractivity contribution in [2.75, 3.05) is 6.61 Å². The summed E-state index contributed by atoms with van der Waals surface area (Å²) in [7, 11) is 0. The van der Waals surface area contributed by atoms with E-state index >= 15 is 0 Å². The summed E-state index contributed by atoms with van der Waals surface area (Å²) in [6.45, 7) is 2.37. The molecule has 0 radical (unpaired) electrons. The second kappa shape index (κ2) is 7.67. The maximum absolute atomic E-state index is 12.2. The molecule has 0 spiro atoms. The van der Waals surface area contributed by atoms with Crippen molar-refractivity contribution in [1.82, 2.24) is 14.1 Å². The SMILES string of the molecule is Cc1c[nH]c(=O)n1-c1ccc(C(=O)OCCCn2c(=O)oc3ccccc32)cc1. The van der Waals surface area contributed by atoms with E-state index in [1.807, 2.05) is 19.1 Å². The van der Waals surface area contributed by atoms with Crippen molar-refractivity contribution < 1.29 is 13.9 Å². The number of nitrogens with zero attached hydrogens (tertiary/aromatic N) is 2. The molecule has 0 saturated heterocycles. The molecule has 8 nitrogen and oxygen atoms in total. The fraction of sp³-hybridized carbons (Fsp3) is 0.190. The predicted molar refractivity (Wildman–Crippen MR) is 107 cm³/mol. The molecule has 2 heterocycles. The van der Waals surface area contributed by atoms with Gasteiger partial charge < -0.3 is 14.1 Å². The topological polar surface area (TPSA) is 99.2 Å². The molecule has 0 unspecified atom stereocenters. The summed E-state index contributed by atoms with van der Waals surface area (Å²) in [6.07, 6.45) is 2.10. The summed E-state index contributed by atoms with van der Waals surface area (Å²) < 4.78 is 13.5. The van der Waals surface area contributed by atoms with Crippen LogP contribution in [-0.2, 0) is 11.3 Å². The average Bonchev–Trinajstić information content (AvgIpc) is 3.23. The Balaban J connectivity index is 1.36. The van der Waals surface area contributed by atoms with Gasteiger partial charge in [-0.3, -0.25) is 9.13 Å². The zero-order valence-electron chi connectivity index (χ0n) is 15.8. The summed E-state index contributed by atoms with van der Waals surface area (Å²) >= 11 is 0. The molecular weight excluding hydrogens is 374 g/mol. The summed E-state index contributed by atoms with van der Waals surface area (Å²) in [6, 6.07) is 13.8. The first-order valence-corrected chi connectivity index (χ1v) is 9.17. The Labute approximate surface area is 165 Å². The highest BCUT2D eigenvalue weighted by atomic mass is 16.5. The molecular formula is C21H19N3O5. The molecule has 148 valence electrons. The average molecular weight is 393 g/mol. The van der Waals surface area contributed by atoms with E-state index < -0.39 is 11.7 Å². The van der Waals surface area contributed by atoms with Gasteiger partial charge >= 0.3 is 17.4 Å². The summed E-state index contributed by atoms with van der Waals surface area (Å²) in [5.74, 6) is -0.887. The molecule has 2 aromatic heterocycles. The van der Waals surface area contributed by atoms with Crippen LogP contribution < -0.4 is 11.4 Å². The molecule has 0 fully saturated rings. The lowest BCUT2D eigenvalue weighted by molar-refractivity contribution is 0.0496. The lowest BCUT2D eigenvalue weighted by atomic mass is 10.2. The van der Waals surface area contributed by atoms with E-state index in [1.54, 1.807) is 42.6 Å². The van der Waals surface area contributed by atoms with Crippen LogP contribution in [0.1, 0.15) is 22.5 Å². The van der Waals surface area contributed by atoms with E-state index in [-0.39, 0.29) is 12.3 Å². The van der Waals surface area contributed by atoms with Crippen molar-refractivity contribution in [2.24, 2.45) is 0 Å². The highest BCUT2D eigenvalue weighted by molar-refractivity contribution is 5.89. The van der Waals surface area contributed by atoms with E-state index in [1.165, 1.54) is 9.13 Å². The van der Waals surface area contributed by atoms with Crippen LogP contribution in [0.2, 0.25) is 0 Å². The Morgan fingerprint density at radius 3 is 2.59 bits per heavy atom. The van der Waals surface area contributed by atoms with Crippen LogP contribution in [0.4, 0.5) is 0 Å². The van der Waals surface area contributed by atoms with Crippen LogP contribution in [0.15, 0.2) is 68.7 Å². The molecule has 2 aromatic carbocycles. The van der Waals surface area contributed by atoms with Crippen molar-refractivity contribution in [2.45, 2.75) is 19.9 Å². The first-order valence-electron chi connectivity index (χ1n) is 9.17. The van der Waals surface area contributed by atoms with Gasteiger partial charge in [-0.1, -0.05) is 12.1 Å². The van der Waals surface area contributed by atoms with Crippen LogP contribution in [0.5, 0.6) is 0 Å². The Kier molecular flexibility index (Phi) is 4.90. The van der Waals surface area contributed by atoms with E-state index in [0.29, 0.717) is 29.8 Å². The number of benzene rings is 2. The molecule has 0 amide bonds. The van der Waals surface area contributed by atoms with E-state index in [9.17, 15) is 14.4 Å². The maximum Gasteiger partial charge on any atom is 0.419 e. The number of aryl methyl sites for hydroxylation is 2. The van der Waals surface area contributed by atoms with E-state index in [0.717, 1.165) is 11.2 Å². The van der Waals surface area contributed by atoms with E-state index in [2.05, 4.69) is 4.98 Å². The van der Waals surface area contributed by atoms with Gasteiger partial charge in [-0.05, 0) is 49.7 Å². The Hall–Kier alpha value is -3.81. The molecule has 0 aliphatic carbocycles. The maximum atomic E-state index is 12.2. The number of carbonyl (C=O) groups is 1. The zero-order valence-corrected chi connectivity index (χ0v) is 15.8. The molecule has 0 saturated carbocycles. The van der Waals surface area contributed by atoms with Gasteiger partial charge in [0, 0.05) is 18.4 Å². The summed E-state index contributed by atoms with van der Waals surface area (Å²) in [5.41, 5.74) is 2.84. The standard InChI is InChI=1S/C21H19N3O5/c1-14-13-22-20(26)24(14)16-9-7-15(8-10-16)19(25)28-12-4-11-23-17-5-2-3-6-18(17)29-21(23)27/h2-3,5-10,13H,4,11-12H2,1H3,(H,22,26). The quantitative estimate of drug-likeness (QED) is 0.401. The number of hydrogen-bond donors (Lipinski definition) is 1. The van der Waals surface area contributed by atoms with Gasteiger partial charge in [-0.2, -0.15) is 0 Å². The normalized spacial score (nSPS) is 11.1. The number of aromatic amines is 1. The number of oxazole rings is 1. The van der Waals surface area contributed by atoms with Crippen molar-refractivity contribution >= 4 is 17.1 Å². The van der Waals surface area contributed by atoms with Gasteiger partial charge in [-0.15, -0.1) is 0 Å². The molecule has 4 aromatic rings. The minimum atomic E-state index is -0.459. The first kappa shape index (κ1) is 18.5. The van der Waals surface area contributed by atoms with Crippen molar-refractivity contribution in [3.63, 3.8) is 0 Å². The van der Waals surface area contributed by atoms with Gasteiger partial charge in [-0.25, -0.2) is 14.4 Å². The molecule has 1 N–H and O–H groups in total. The van der Waals surface area contributed by atoms with Crippen molar-refractivity contribution in [3.8, 4) is 5.69 Å². The van der Waals surface area contributed by atoms with Crippen LogP contribution in [0.3, 0.4) is 0 Å². The number of para-hydroxylation sites is 2. The number of imidazole rings is 1. The van der Waals surface area contributed by atoms with Gasteiger partial charge in [0.2, 0.25) is 0 Å². The predicted octanol–water partition coefficient (Wildman–Crippen LogP) is 2.63. The van der Waals surface area contributed by atoms with Crippen LogP contribution in [0.25, 0.3) is 16.8 Å². The van der Waals surface area contributed by atoms with Gasteiger partial charge in [0.1, 0.15) is 0 Å². The van der Waals surface area contributed by atoms with Gasteiger partial charge in [0.25, 0.3) is 0 Å². The van der Waals surface area contributed by atoms with Crippen molar-refractivity contribution in [1.29, 1.82) is 0 Å². The minimum Gasteiger partial charge on any atom is -0.462 e. The number of carbonyl (C=O) groups excluding carboxylic acids is 1. The lowest BCUT2D eigenvalue weighted by Gasteiger charge is -2.07. The molecule has 29 heavy (non-hydrogen) atoms. The Morgan fingerprint density at radius 1 is 1.10 bits per heavy atom. The van der Waals surface area contributed by atoms with Gasteiger partial charge in [0.15, 0.2) is 5.58 Å². The number of rotatable bonds is 6. The molecule has 0 atom stereocenters. The van der Waals surface area contributed by atoms with Crippen molar-refractivity contribution in [3.05, 3.63) is 87.0 Å². The van der Waals surface area contributed by atoms with Crippen LogP contribution >= 0.6 is 0 Å². The summed E-state index contributed by atoms with van der Waals surface area (Å²) in [5, 5.41) is 0. The number of esters is 1. The number of nitrogens with one attached hydrogen (secondary N) is 1. The monoisotopic (exact) mass is 393 g/mol. The number of H-pyrrole nitrogens is 1. The largest absolute Gasteiger partial charge is 0.462 e. The zero-order chi connectivity index (χ0) is 20.4. The minimum absolute atomic E-state index is 0.170. The van der Waals surface area contributed by atoms with Gasteiger partial charge in [0.05, 0.1) is 23.4 Å².